The van der Waals surface area contributed by atoms with Gasteiger partial charge in [0.2, 0.25) is 0 Å². The van der Waals surface area contributed by atoms with Gasteiger partial charge in [0.15, 0.2) is 0 Å². The number of halogens is 2. The van der Waals surface area contributed by atoms with Gasteiger partial charge in [-0.05, 0) is 18.9 Å². The third-order valence-corrected chi connectivity index (χ3v) is 5.28. The topological polar surface area (TPSA) is 61.9 Å². The number of hydrogen-bond donors (Lipinski definition) is 1. The highest BCUT2D eigenvalue weighted by Crippen LogP contribution is 2.32. The summed E-state index contributed by atoms with van der Waals surface area (Å²) in [7, 11) is 1.49. The van der Waals surface area contributed by atoms with Crippen molar-refractivity contribution in [1.82, 2.24) is 15.1 Å². The van der Waals surface area contributed by atoms with Gasteiger partial charge < -0.3 is 19.9 Å². The first kappa shape index (κ1) is 17.2. The molecule has 2 aliphatic rings. The Labute approximate surface area is 150 Å². The van der Waals surface area contributed by atoms with Crippen molar-refractivity contribution in [1.29, 1.82) is 0 Å². The number of urea groups is 1. The van der Waals surface area contributed by atoms with Gasteiger partial charge in [-0.15, -0.1) is 0 Å². The van der Waals surface area contributed by atoms with E-state index in [0.717, 1.165) is 19.4 Å². The van der Waals surface area contributed by atoms with Crippen LogP contribution in [0.15, 0.2) is 12.1 Å². The van der Waals surface area contributed by atoms with Crippen LogP contribution in [0, 0.1) is 0 Å². The summed E-state index contributed by atoms with van der Waals surface area (Å²) in [6, 6.07) is 3.28. The van der Waals surface area contributed by atoms with Crippen LogP contribution < -0.4 is 10.1 Å². The lowest BCUT2D eigenvalue weighted by molar-refractivity contribution is 0.0663. The number of methoxy groups -OCH3 is 1. The van der Waals surface area contributed by atoms with E-state index in [1.54, 1.807) is 17.0 Å². The Bertz CT molecular complexity index is 660. The SMILES string of the molecule is COc1cc(Cl)c(Cl)cc1C(=O)N1CCC(N2CCNC2=O)CC1. The van der Waals surface area contributed by atoms with Gasteiger partial charge in [-0.3, -0.25) is 4.79 Å². The molecule has 0 aromatic heterocycles. The zero-order valence-corrected chi connectivity index (χ0v) is 14.9. The van der Waals surface area contributed by atoms with Crippen LogP contribution in [-0.4, -0.2) is 61.1 Å². The summed E-state index contributed by atoms with van der Waals surface area (Å²) in [5.74, 6) is 0.283. The van der Waals surface area contributed by atoms with Crippen molar-refractivity contribution >= 4 is 35.1 Å². The van der Waals surface area contributed by atoms with Crippen LogP contribution in [-0.2, 0) is 0 Å². The molecule has 24 heavy (non-hydrogen) atoms. The number of carbonyl (C=O) groups is 2. The van der Waals surface area contributed by atoms with Crippen LogP contribution >= 0.6 is 23.2 Å². The van der Waals surface area contributed by atoms with Gasteiger partial charge in [0.05, 0.1) is 22.7 Å². The van der Waals surface area contributed by atoms with E-state index < -0.39 is 0 Å². The molecule has 6 nitrogen and oxygen atoms in total. The maximum Gasteiger partial charge on any atom is 0.317 e. The summed E-state index contributed by atoms with van der Waals surface area (Å²) in [5.41, 5.74) is 0.407. The summed E-state index contributed by atoms with van der Waals surface area (Å²) in [4.78, 5) is 28.2. The molecule has 0 spiro atoms. The Kier molecular flexibility index (Phi) is 5.06. The average Bonchev–Trinajstić information content (AvgIpc) is 3.02. The Morgan fingerprint density at radius 3 is 2.46 bits per heavy atom. The maximum atomic E-state index is 12.8. The number of piperidine rings is 1. The van der Waals surface area contributed by atoms with E-state index in [4.69, 9.17) is 27.9 Å². The molecule has 0 saturated carbocycles. The zero-order valence-electron chi connectivity index (χ0n) is 13.3. The number of likely N-dealkylation sites (tertiary alicyclic amines) is 1. The number of nitrogens with one attached hydrogen (secondary N) is 1. The summed E-state index contributed by atoms with van der Waals surface area (Å²) >= 11 is 12.0. The molecule has 1 aromatic carbocycles. The van der Waals surface area contributed by atoms with Gasteiger partial charge in [-0.1, -0.05) is 23.2 Å². The predicted molar refractivity (Wildman–Crippen MR) is 92.0 cm³/mol. The summed E-state index contributed by atoms with van der Waals surface area (Å²) in [6.45, 7) is 2.61. The molecule has 0 aliphatic carbocycles. The lowest BCUT2D eigenvalue weighted by Gasteiger charge is -2.36. The molecule has 1 aromatic rings. The number of benzene rings is 1. The molecule has 3 rings (SSSR count). The molecule has 2 aliphatic heterocycles. The Hall–Kier alpha value is -1.66. The van der Waals surface area contributed by atoms with E-state index in [9.17, 15) is 9.59 Å². The number of nitrogens with zero attached hydrogens (tertiary/aromatic N) is 2. The van der Waals surface area contributed by atoms with Crippen LogP contribution in [0.3, 0.4) is 0 Å². The van der Waals surface area contributed by atoms with Crippen molar-refractivity contribution in [2.75, 3.05) is 33.3 Å². The highest BCUT2D eigenvalue weighted by Gasteiger charge is 2.32. The molecule has 1 N–H and O–H groups in total. The minimum atomic E-state index is -0.130. The van der Waals surface area contributed by atoms with Crippen LogP contribution in [0.5, 0.6) is 5.75 Å². The third-order valence-electron chi connectivity index (χ3n) is 4.56. The fraction of sp³-hybridized carbons (Fsp3) is 0.500. The molecule has 0 bridgehead atoms. The number of ether oxygens (including phenoxy) is 1. The van der Waals surface area contributed by atoms with Crippen molar-refractivity contribution in [3.8, 4) is 5.75 Å². The van der Waals surface area contributed by atoms with E-state index in [0.29, 0.717) is 41.0 Å². The zero-order chi connectivity index (χ0) is 17.3. The molecule has 2 heterocycles. The fourth-order valence-corrected chi connectivity index (χ4v) is 3.57. The highest BCUT2D eigenvalue weighted by atomic mass is 35.5. The van der Waals surface area contributed by atoms with Crippen LogP contribution in [0.1, 0.15) is 23.2 Å². The van der Waals surface area contributed by atoms with Gasteiger partial charge in [0.1, 0.15) is 5.75 Å². The van der Waals surface area contributed by atoms with Crippen molar-refractivity contribution in [2.24, 2.45) is 0 Å². The molecule has 3 amide bonds. The Morgan fingerprint density at radius 2 is 1.88 bits per heavy atom. The van der Waals surface area contributed by atoms with Gasteiger partial charge >= 0.3 is 6.03 Å². The molecular formula is C16H19Cl2N3O3. The standard InChI is InChI=1S/C16H19Cl2N3O3/c1-24-14-9-13(18)12(17)8-11(14)15(22)20-5-2-10(3-6-20)21-7-4-19-16(21)23/h8-10H,2-7H2,1H3,(H,19,23). The quantitative estimate of drug-likeness (QED) is 0.888. The third kappa shape index (κ3) is 3.26. The first-order chi connectivity index (χ1) is 11.5. The smallest absolute Gasteiger partial charge is 0.317 e. The normalized spacial score (nSPS) is 18.7. The summed E-state index contributed by atoms with van der Waals surface area (Å²) < 4.78 is 5.26. The largest absolute Gasteiger partial charge is 0.496 e. The first-order valence-electron chi connectivity index (χ1n) is 7.88. The molecular weight excluding hydrogens is 353 g/mol. The molecule has 2 fully saturated rings. The molecule has 2 saturated heterocycles. The van der Waals surface area contributed by atoms with Gasteiger partial charge in [-0.2, -0.15) is 0 Å². The molecule has 0 radical (unpaired) electrons. The molecule has 0 unspecified atom stereocenters. The minimum Gasteiger partial charge on any atom is -0.496 e. The Balaban J connectivity index is 1.69. The predicted octanol–water partition coefficient (Wildman–Crippen LogP) is 2.63. The summed E-state index contributed by atoms with van der Waals surface area (Å²) in [6.07, 6.45) is 1.53. The number of hydrogen-bond acceptors (Lipinski definition) is 3. The van der Waals surface area contributed by atoms with Gasteiger partial charge in [0.25, 0.3) is 5.91 Å². The van der Waals surface area contributed by atoms with E-state index >= 15 is 0 Å². The van der Waals surface area contributed by atoms with E-state index in [1.807, 2.05) is 4.90 Å². The van der Waals surface area contributed by atoms with Crippen LogP contribution in [0.25, 0.3) is 0 Å². The lowest BCUT2D eigenvalue weighted by atomic mass is 10.0. The lowest BCUT2D eigenvalue weighted by Crippen LogP contribution is -2.47. The molecule has 0 atom stereocenters. The van der Waals surface area contributed by atoms with Crippen molar-refractivity contribution in [3.63, 3.8) is 0 Å². The van der Waals surface area contributed by atoms with Crippen molar-refractivity contribution < 1.29 is 14.3 Å². The second-order valence-corrected chi connectivity index (χ2v) is 6.73. The Morgan fingerprint density at radius 1 is 1.21 bits per heavy atom. The maximum absolute atomic E-state index is 12.8. The molecule has 8 heteroatoms. The van der Waals surface area contributed by atoms with E-state index in [2.05, 4.69) is 5.32 Å². The van der Waals surface area contributed by atoms with E-state index in [1.165, 1.54) is 7.11 Å². The van der Waals surface area contributed by atoms with Gasteiger partial charge in [-0.25, -0.2) is 4.79 Å². The number of amides is 3. The second-order valence-electron chi connectivity index (χ2n) is 5.92. The van der Waals surface area contributed by atoms with Crippen molar-refractivity contribution in [3.05, 3.63) is 27.7 Å². The number of rotatable bonds is 3. The second kappa shape index (κ2) is 7.07. The minimum absolute atomic E-state index is 0.00840. The molecule has 130 valence electrons. The fourth-order valence-electron chi connectivity index (χ4n) is 3.25. The van der Waals surface area contributed by atoms with Gasteiger partial charge in [0, 0.05) is 38.3 Å². The van der Waals surface area contributed by atoms with Crippen LogP contribution in [0.4, 0.5) is 4.79 Å². The monoisotopic (exact) mass is 371 g/mol. The summed E-state index contributed by atoms with van der Waals surface area (Å²) in [5, 5.41) is 3.49. The van der Waals surface area contributed by atoms with Crippen LogP contribution in [0.2, 0.25) is 10.0 Å². The first-order valence-corrected chi connectivity index (χ1v) is 8.63. The average molecular weight is 372 g/mol. The van der Waals surface area contributed by atoms with E-state index in [-0.39, 0.29) is 18.0 Å². The van der Waals surface area contributed by atoms with Crippen molar-refractivity contribution in [2.45, 2.75) is 18.9 Å². The number of carbonyl (C=O) groups excluding carboxylic acids is 2. The highest BCUT2D eigenvalue weighted by molar-refractivity contribution is 6.42.